The van der Waals surface area contributed by atoms with Gasteiger partial charge in [0.1, 0.15) is 0 Å². The molecule has 0 aromatic heterocycles. The maximum absolute atomic E-state index is 5.62. The maximum Gasteiger partial charge on any atom is 0.0728 e. The summed E-state index contributed by atoms with van der Waals surface area (Å²) in [6, 6.07) is 17.4. The van der Waals surface area contributed by atoms with E-state index in [2.05, 4.69) is 60.4 Å². The Labute approximate surface area is 133 Å². The number of hydrogen-bond donors (Lipinski definition) is 0. The maximum atomic E-state index is 5.62. The average molecular weight is 295 g/mol. The molecule has 2 aromatic carbocycles. The Morgan fingerprint density at radius 3 is 2.64 bits per heavy atom. The van der Waals surface area contributed by atoms with Gasteiger partial charge in [-0.1, -0.05) is 56.2 Å². The van der Waals surface area contributed by atoms with Gasteiger partial charge in [0.25, 0.3) is 0 Å². The van der Waals surface area contributed by atoms with E-state index in [1.807, 2.05) is 0 Å². The summed E-state index contributed by atoms with van der Waals surface area (Å²) < 4.78 is 5.62. The predicted molar refractivity (Wildman–Crippen MR) is 92.0 cm³/mol. The van der Waals surface area contributed by atoms with Gasteiger partial charge in [-0.2, -0.15) is 0 Å². The van der Waals surface area contributed by atoms with E-state index in [9.17, 15) is 0 Å². The fourth-order valence-corrected chi connectivity index (χ4v) is 3.12. The van der Waals surface area contributed by atoms with Gasteiger partial charge in [0.2, 0.25) is 0 Å². The number of nitrogens with zero attached hydrogens (tertiary/aromatic N) is 1. The van der Waals surface area contributed by atoms with E-state index in [1.165, 1.54) is 41.6 Å². The number of hydrogen-bond acceptors (Lipinski definition) is 2. The minimum absolute atomic E-state index is 0.767. The van der Waals surface area contributed by atoms with Crippen LogP contribution in [0.5, 0.6) is 0 Å². The third-order valence-electron chi connectivity index (χ3n) is 4.39. The van der Waals surface area contributed by atoms with E-state index in [1.54, 1.807) is 0 Å². The highest BCUT2D eigenvalue weighted by atomic mass is 16.5. The van der Waals surface area contributed by atoms with Crippen molar-refractivity contribution in [2.45, 2.75) is 45.9 Å². The van der Waals surface area contributed by atoms with E-state index >= 15 is 0 Å². The Morgan fingerprint density at radius 1 is 0.955 bits per heavy atom. The highest BCUT2D eigenvalue weighted by Gasteiger charge is 2.16. The van der Waals surface area contributed by atoms with Crippen LogP contribution >= 0.6 is 0 Å². The smallest absolute Gasteiger partial charge is 0.0728 e. The molecule has 0 amide bonds. The summed E-state index contributed by atoms with van der Waals surface area (Å²) in [5.74, 6) is 0. The lowest BCUT2D eigenvalue weighted by Gasteiger charge is -2.26. The van der Waals surface area contributed by atoms with Crippen LogP contribution < -0.4 is 4.90 Å². The molecule has 2 heteroatoms. The topological polar surface area (TPSA) is 12.5 Å². The molecule has 0 bridgehead atoms. The first-order valence-corrected chi connectivity index (χ1v) is 8.36. The van der Waals surface area contributed by atoms with Crippen LogP contribution in [-0.4, -0.2) is 6.54 Å². The molecule has 0 saturated heterocycles. The van der Waals surface area contributed by atoms with Crippen LogP contribution in [0, 0.1) is 0 Å². The molecule has 0 spiro atoms. The first-order chi connectivity index (χ1) is 10.9. The van der Waals surface area contributed by atoms with Crippen molar-refractivity contribution in [3.05, 3.63) is 65.2 Å². The summed E-state index contributed by atoms with van der Waals surface area (Å²) in [6.45, 7) is 5.88. The third-order valence-corrected chi connectivity index (χ3v) is 4.39. The van der Waals surface area contributed by atoms with Crippen molar-refractivity contribution in [1.82, 2.24) is 0 Å². The number of anilines is 1. The molecule has 1 heterocycles. The Bertz CT molecular complexity index is 594. The Balaban J connectivity index is 1.79. The normalized spacial score (nSPS) is 13.1. The molecule has 0 fully saturated rings. The zero-order valence-electron chi connectivity index (χ0n) is 13.4. The zero-order chi connectivity index (χ0) is 15.2. The molecule has 0 atom stereocenters. The SMILES string of the molecule is CCCCCN(Cc1cccc2c1COC2)c1ccccc1. The molecule has 0 unspecified atom stereocenters. The molecule has 0 aliphatic carbocycles. The Kier molecular flexibility index (Phi) is 5.12. The summed E-state index contributed by atoms with van der Waals surface area (Å²) in [5, 5.41) is 0. The largest absolute Gasteiger partial charge is 0.372 e. The van der Waals surface area contributed by atoms with E-state index < -0.39 is 0 Å². The number of ether oxygens (including phenoxy) is 1. The lowest BCUT2D eigenvalue weighted by Crippen LogP contribution is -2.24. The lowest BCUT2D eigenvalue weighted by molar-refractivity contribution is 0.134. The van der Waals surface area contributed by atoms with Gasteiger partial charge >= 0.3 is 0 Å². The number of para-hydroxylation sites is 1. The molecule has 1 aliphatic heterocycles. The number of fused-ring (bicyclic) bond motifs is 1. The second kappa shape index (κ2) is 7.46. The average Bonchev–Trinajstić information content (AvgIpc) is 3.04. The van der Waals surface area contributed by atoms with E-state index in [0.29, 0.717) is 0 Å². The highest BCUT2D eigenvalue weighted by Crippen LogP contribution is 2.26. The van der Waals surface area contributed by atoms with Crippen LogP contribution in [0.25, 0.3) is 0 Å². The summed E-state index contributed by atoms with van der Waals surface area (Å²) in [5.41, 5.74) is 5.49. The van der Waals surface area contributed by atoms with Crippen molar-refractivity contribution >= 4 is 5.69 Å². The van der Waals surface area contributed by atoms with Gasteiger partial charge in [-0.25, -0.2) is 0 Å². The van der Waals surface area contributed by atoms with Gasteiger partial charge in [0, 0.05) is 18.8 Å². The van der Waals surface area contributed by atoms with Crippen molar-refractivity contribution in [3.8, 4) is 0 Å². The first-order valence-electron chi connectivity index (χ1n) is 8.36. The van der Waals surface area contributed by atoms with Crippen molar-refractivity contribution in [2.24, 2.45) is 0 Å². The predicted octanol–water partition coefficient (Wildman–Crippen LogP) is 4.91. The summed E-state index contributed by atoms with van der Waals surface area (Å²) >= 11 is 0. The second-order valence-corrected chi connectivity index (χ2v) is 6.01. The van der Waals surface area contributed by atoms with Crippen LogP contribution in [-0.2, 0) is 24.5 Å². The van der Waals surface area contributed by atoms with Gasteiger partial charge < -0.3 is 9.64 Å². The highest BCUT2D eigenvalue weighted by molar-refractivity contribution is 5.48. The molecule has 3 rings (SSSR count). The molecule has 1 aliphatic rings. The van der Waals surface area contributed by atoms with Crippen molar-refractivity contribution in [1.29, 1.82) is 0 Å². The Hall–Kier alpha value is -1.80. The van der Waals surface area contributed by atoms with E-state index in [0.717, 1.165) is 26.3 Å². The molecule has 0 radical (unpaired) electrons. The monoisotopic (exact) mass is 295 g/mol. The van der Waals surface area contributed by atoms with Crippen molar-refractivity contribution in [3.63, 3.8) is 0 Å². The molecular formula is C20H25NO. The quantitative estimate of drug-likeness (QED) is 0.673. The van der Waals surface area contributed by atoms with Gasteiger partial charge in [-0.15, -0.1) is 0 Å². The third kappa shape index (κ3) is 3.50. The van der Waals surface area contributed by atoms with Crippen molar-refractivity contribution in [2.75, 3.05) is 11.4 Å². The summed E-state index contributed by atoms with van der Waals surface area (Å²) in [7, 11) is 0. The molecule has 2 aromatic rings. The van der Waals surface area contributed by atoms with Crippen LogP contribution in [0.2, 0.25) is 0 Å². The first kappa shape index (κ1) is 15.1. The van der Waals surface area contributed by atoms with Gasteiger partial charge in [0.15, 0.2) is 0 Å². The Morgan fingerprint density at radius 2 is 1.82 bits per heavy atom. The standard InChI is InChI=1S/C20H25NO/c1-2-3-7-13-21(19-11-5-4-6-12-19)14-17-9-8-10-18-15-22-16-20(17)18/h4-6,8-12H,2-3,7,13-16H2,1H3. The van der Waals surface area contributed by atoms with Crippen LogP contribution in [0.1, 0.15) is 42.9 Å². The van der Waals surface area contributed by atoms with E-state index in [-0.39, 0.29) is 0 Å². The molecule has 22 heavy (non-hydrogen) atoms. The fourth-order valence-electron chi connectivity index (χ4n) is 3.12. The van der Waals surface area contributed by atoms with Crippen LogP contribution in [0.3, 0.4) is 0 Å². The summed E-state index contributed by atoms with van der Waals surface area (Å²) in [6.07, 6.45) is 3.80. The van der Waals surface area contributed by atoms with Gasteiger partial charge in [-0.3, -0.25) is 0 Å². The molecule has 0 N–H and O–H groups in total. The molecular weight excluding hydrogens is 270 g/mol. The van der Waals surface area contributed by atoms with Crippen LogP contribution in [0.4, 0.5) is 5.69 Å². The van der Waals surface area contributed by atoms with Crippen molar-refractivity contribution < 1.29 is 4.74 Å². The fraction of sp³-hybridized carbons (Fsp3) is 0.400. The lowest BCUT2D eigenvalue weighted by atomic mass is 10.0. The molecule has 2 nitrogen and oxygen atoms in total. The zero-order valence-corrected chi connectivity index (χ0v) is 13.4. The summed E-state index contributed by atoms with van der Waals surface area (Å²) in [4.78, 5) is 2.50. The number of rotatable bonds is 7. The minimum Gasteiger partial charge on any atom is -0.372 e. The number of benzene rings is 2. The van der Waals surface area contributed by atoms with Gasteiger partial charge in [0.05, 0.1) is 13.2 Å². The minimum atomic E-state index is 0.767. The number of unbranched alkanes of at least 4 members (excludes halogenated alkanes) is 2. The molecule has 0 saturated carbocycles. The molecule has 116 valence electrons. The van der Waals surface area contributed by atoms with Gasteiger partial charge in [-0.05, 0) is 35.2 Å². The van der Waals surface area contributed by atoms with E-state index in [4.69, 9.17) is 4.74 Å². The second-order valence-electron chi connectivity index (χ2n) is 6.01. The van der Waals surface area contributed by atoms with Crippen LogP contribution in [0.15, 0.2) is 48.5 Å².